The van der Waals surface area contributed by atoms with Gasteiger partial charge in [0, 0.05) is 18.2 Å². The lowest BCUT2D eigenvalue weighted by Gasteiger charge is -2.11. The van der Waals surface area contributed by atoms with Crippen molar-refractivity contribution in [2.75, 3.05) is 13.1 Å². The Balaban J connectivity index is 0.00000162. The smallest absolute Gasteiger partial charge is 0.251 e. The van der Waals surface area contributed by atoms with Crippen LogP contribution in [0.1, 0.15) is 16.8 Å². The van der Waals surface area contributed by atoms with Crippen LogP contribution in [0.25, 0.3) is 0 Å². The first-order valence-corrected chi connectivity index (χ1v) is 5.24. The van der Waals surface area contributed by atoms with Gasteiger partial charge in [-0.1, -0.05) is 0 Å². The molecule has 1 aliphatic heterocycles. The third kappa shape index (κ3) is 3.14. The average molecular weight is 281 g/mol. The molecule has 1 aromatic carbocycles. The monoisotopic (exact) mass is 280 g/mol. The van der Waals surface area contributed by atoms with Crippen molar-refractivity contribution in [3.05, 3.63) is 35.1 Å². The first-order valence-electron chi connectivity index (χ1n) is 5.24. The number of amides is 1. The van der Waals surface area contributed by atoms with E-state index in [0.29, 0.717) is 18.7 Å². The number of nitrogens with one attached hydrogen (secondary N) is 2. The molecule has 0 aliphatic carbocycles. The second-order valence-electron chi connectivity index (χ2n) is 3.92. The molecule has 1 heterocycles. The molecule has 0 radical (unpaired) electrons. The van der Waals surface area contributed by atoms with Crippen LogP contribution < -0.4 is 10.6 Å². The Hall–Kier alpha value is -1.27. The van der Waals surface area contributed by atoms with Crippen molar-refractivity contribution in [2.45, 2.75) is 12.5 Å². The van der Waals surface area contributed by atoms with Crippen molar-refractivity contribution in [2.24, 2.45) is 0 Å². The van der Waals surface area contributed by atoms with Crippen molar-refractivity contribution >= 4 is 18.3 Å². The van der Waals surface area contributed by atoms with Crippen LogP contribution in [-0.2, 0) is 0 Å². The molecular formula is C11H12ClF3N2O. The molecule has 0 spiro atoms. The number of rotatable bonds is 2. The van der Waals surface area contributed by atoms with E-state index >= 15 is 0 Å². The third-order valence-corrected chi connectivity index (χ3v) is 2.64. The molecule has 1 aliphatic rings. The zero-order chi connectivity index (χ0) is 12.4. The first-order chi connectivity index (χ1) is 8.08. The van der Waals surface area contributed by atoms with Crippen molar-refractivity contribution in [3.8, 4) is 0 Å². The third-order valence-electron chi connectivity index (χ3n) is 2.64. The van der Waals surface area contributed by atoms with Gasteiger partial charge >= 0.3 is 0 Å². The summed E-state index contributed by atoms with van der Waals surface area (Å²) in [5, 5.41) is 5.65. The summed E-state index contributed by atoms with van der Waals surface area (Å²) in [6.07, 6.45) is 0.762. The summed E-state index contributed by atoms with van der Waals surface area (Å²) in [5.41, 5.74) is -0.215. The molecule has 2 rings (SSSR count). The van der Waals surface area contributed by atoms with Crippen molar-refractivity contribution in [3.63, 3.8) is 0 Å². The van der Waals surface area contributed by atoms with Gasteiger partial charge in [-0.25, -0.2) is 13.2 Å². The van der Waals surface area contributed by atoms with Gasteiger partial charge in [0.15, 0.2) is 17.5 Å². The second kappa shape index (κ2) is 6.06. The van der Waals surface area contributed by atoms with E-state index in [1.807, 2.05) is 0 Å². The van der Waals surface area contributed by atoms with Gasteiger partial charge in [-0.3, -0.25) is 4.79 Å². The summed E-state index contributed by atoms with van der Waals surface area (Å²) in [7, 11) is 0. The van der Waals surface area contributed by atoms with Gasteiger partial charge in [-0.2, -0.15) is 0 Å². The van der Waals surface area contributed by atoms with E-state index in [2.05, 4.69) is 10.6 Å². The maximum Gasteiger partial charge on any atom is 0.251 e. The molecule has 1 unspecified atom stereocenters. The largest absolute Gasteiger partial charge is 0.348 e. The molecule has 1 amide bonds. The van der Waals surface area contributed by atoms with Crippen LogP contribution in [0.15, 0.2) is 12.1 Å². The Morgan fingerprint density at radius 3 is 2.39 bits per heavy atom. The zero-order valence-electron chi connectivity index (χ0n) is 9.30. The number of halogens is 4. The van der Waals surface area contributed by atoms with E-state index in [9.17, 15) is 18.0 Å². The Morgan fingerprint density at radius 2 is 1.89 bits per heavy atom. The zero-order valence-corrected chi connectivity index (χ0v) is 10.1. The summed E-state index contributed by atoms with van der Waals surface area (Å²) < 4.78 is 38.5. The molecule has 3 nitrogen and oxygen atoms in total. The summed E-state index contributed by atoms with van der Waals surface area (Å²) in [5.74, 6) is -4.89. The standard InChI is InChI=1S/C11H11F3N2O.ClH/c12-8-3-6(4-9(13)10(8)14)11(17)16-7-1-2-15-5-7;/h3-4,7,15H,1-2,5H2,(H,16,17);1H. The van der Waals surface area contributed by atoms with Gasteiger partial charge in [0.25, 0.3) is 5.91 Å². The fourth-order valence-corrected chi connectivity index (χ4v) is 1.73. The van der Waals surface area contributed by atoms with Gasteiger partial charge in [0.1, 0.15) is 0 Å². The minimum Gasteiger partial charge on any atom is -0.348 e. The number of hydrogen-bond acceptors (Lipinski definition) is 2. The van der Waals surface area contributed by atoms with Crippen LogP contribution in [-0.4, -0.2) is 25.0 Å². The molecular weight excluding hydrogens is 269 g/mol. The first kappa shape index (κ1) is 14.8. The summed E-state index contributed by atoms with van der Waals surface area (Å²) >= 11 is 0. The second-order valence-corrected chi connectivity index (χ2v) is 3.92. The molecule has 1 saturated heterocycles. The topological polar surface area (TPSA) is 41.1 Å². The molecule has 2 N–H and O–H groups in total. The molecule has 18 heavy (non-hydrogen) atoms. The molecule has 0 aromatic heterocycles. The lowest BCUT2D eigenvalue weighted by molar-refractivity contribution is 0.0939. The number of carbonyl (C=O) groups excluding carboxylic acids is 1. The minimum atomic E-state index is -1.57. The molecule has 100 valence electrons. The van der Waals surface area contributed by atoms with Crippen molar-refractivity contribution < 1.29 is 18.0 Å². The normalized spacial score (nSPS) is 18.3. The Morgan fingerprint density at radius 1 is 1.28 bits per heavy atom. The van der Waals surface area contributed by atoms with Gasteiger partial charge in [0.2, 0.25) is 0 Å². The predicted octanol–water partition coefficient (Wildman–Crippen LogP) is 1.62. The minimum absolute atomic E-state index is 0. The number of carbonyl (C=O) groups is 1. The van der Waals surface area contributed by atoms with Crippen molar-refractivity contribution in [1.29, 1.82) is 0 Å². The number of hydrogen-bond donors (Lipinski definition) is 2. The molecule has 1 fully saturated rings. The molecule has 1 atom stereocenters. The highest BCUT2D eigenvalue weighted by Crippen LogP contribution is 2.14. The van der Waals surface area contributed by atoms with E-state index in [1.165, 1.54) is 0 Å². The highest BCUT2D eigenvalue weighted by molar-refractivity contribution is 5.94. The fourth-order valence-electron chi connectivity index (χ4n) is 1.73. The van der Waals surface area contributed by atoms with E-state index in [1.54, 1.807) is 0 Å². The SMILES string of the molecule is Cl.O=C(NC1CCNC1)c1cc(F)c(F)c(F)c1. The predicted molar refractivity (Wildman–Crippen MR) is 62.3 cm³/mol. The van der Waals surface area contributed by atoms with Crippen LogP contribution in [0.2, 0.25) is 0 Å². The van der Waals surface area contributed by atoms with Crippen LogP contribution >= 0.6 is 12.4 Å². The van der Waals surface area contributed by atoms with Gasteiger partial charge in [0.05, 0.1) is 0 Å². The molecule has 1 aromatic rings. The molecule has 0 bridgehead atoms. The van der Waals surface area contributed by atoms with E-state index in [-0.39, 0.29) is 24.0 Å². The lowest BCUT2D eigenvalue weighted by Crippen LogP contribution is -2.36. The maximum absolute atomic E-state index is 12.9. The van der Waals surface area contributed by atoms with Crippen molar-refractivity contribution in [1.82, 2.24) is 10.6 Å². The molecule has 0 saturated carbocycles. The Kier molecular flexibility index (Phi) is 4.98. The van der Waals surface area contributed by atoms with Gasteiger partial charge < -0.3 is 10.6 Å². The maximum atomic E-state index is 12.9. The Bertz CT molecular complexity index is 427. The number of benzene rings is 1. The van der Waals surface area contributed by atoms with Crippen LogP contribution in [0.4, 0.5) is 13.2 Å². The molecule has 7 heteroatoms. The average Bonchev–Trinajstić information content (AvgIpc) is 2.77. The van der Waals surface area contributed by atoms with Crippen LogP contribution in [0.3, 0.4) is 0 Å². The summed E-state index contributed by atoms with van der Waals surface area (Å²) in [4.78, 5) is 11.6. The quantitative estimate of drug-likeness (QED) is 0.808. The van der Waals surface area contributed by atoms with Crippen LogP contribution in [0.5, 0.6) is 0 Å². The fraction of sp³-hybridized carbons (Fsp3) is 0.364. The highest BCUT2D eigenvalue weighted by atomic mass is 35.5. The summed E-state index contributed by atoms with van der Waals surface area (Å²) in [6.45, 7) is 1.41. The van der Waals surface area contributed by atoms with E-state index in [0.717, 1.165) is 13.0 Å². The Labute approximate surface area is 108 Å². The lowest BCUT2D eigenvalue weighted by atomic mass is 10.1. The van der Waals surface area contributed by atoms with E-state index < -0.39 is 23.4 Å². The van der Waals surface area contributed by atoms with Gasteiger partial charge in [-0.05, 0) is 25.1 Å². The summed E-state index contributed by atoms with van der Waals surface area (Å²) in [6, 6.07) is 1.32. The van der Waals surface area contributed by atoms with Crippen LogP contribution in [0, 0.1) is 17.5 Å². The van der Waals surface area contributed by atoms with E-state index in [4.69, 9.17) is 0 Å². The van der Waals surface area contributed by atoms with Gasteiger partial charge in [-0.15, -0.1) is 12.4 Å². The highest BCUT2D eigenvalue weighted by Gasteiger charge is 2.20.